The molecule has 220 valence electrons. The fourth-order valence-corrected chi connectivity index (χ4v) is 6.77. The number of halogens is 1. The number of hydrogen-bond donors (Lipinski definition) is 1. The Bertz CT molecular complexity index is 1350. The summed E-state index contributed by atoms with van der Waals surface area (Å²) in [5.41, 5.74) is 2.28. The zero-order chi connectivity index (χ0) is 29.3. The van der Waals surface area contributed by atoms with Crippen LogP contribution in [-0.4, -0.2) is 67.0 Å². The quantitative estimate of drug-likeness (QED) is 0.323. The van der Waals surface area contributed by atoms with E-state index >= 15 is 0 Å². The minimum absolute atomic E-state index is 0.0564. The van der Waals surface area contributed by atoms with Crippen molar-refractivity contribution in [2.24, 2.45) is 0 Å². The van der Waals surface area contributed by atoms with Crippen molar-refractivity contribution in [1.82, 2.24) is 24.8 Å². The molecule has 41 heavy (non-hydrogen) atoms. The molecule has 0 radical (unpaired) electrons. The molecule has 9 heteroatoms. The first kappa shape index (κ1) is 29.4. The van der Waals surface area contributed by atoms with Crippen molar-refractivity contribution in [3.05, 3.63) is 59.1 Å². The second-order valence-electron chi connectivity index (χ2n) is 12.8. The van der Waals surface area contributed by atoms with Crippen LogP contribution in [-0.2, 0) is 9.53 Å². The number of carbonyl (C=O) groups is 2. The molecule has 0 saturated carbocycles. The second-order valence-corrected chi connectivity index (χ2v) is 13.2. The summed E-state index contributed by atoms with van der Waals surface area (Å²) >= 11 is 6.22. The van der Waals surface area contributed by atoms with Crippen LogP contribution < -0.4 is 0 Å². The van der Waals surface area contributed by atoms with Crippen molar-refractivity contribution in [2.45, 2.75) is 109 Å². The number of H-pyrrole nitrogens is 1. The highest BCUT2D eigenvalue weighted by Gasteiger charge is 2.44. The Kier molecular flexibility index (Phi) is 8.60. The summed E-state index contributed by atoms with van der Waals surface area (Å²) < 4.78 is 5.69. The van der Waals surface area contributed by atoms with E-state index in [2.05, 4.69) is 20.9 Å². The minimum Gasteiger partial charge on any atom is -0.444 e. The zero-order valence-corrected chi connectivity index (χ0v) is 25.5. The van der Waals surface area contributed by atoms with E-state index in [1.807, 2.05) is 65.1 Å². The van der Waals surface area contributed by atoms with Crippen LogP contribution in [0.15, 0.2) is 42.9 Å². The summed E-state index contributed by atoms with van der Waals surface area (Å²) in [5.74, 6) is 0.0436. The third kappa shape index (κ3) is 6.53. The van der Waals surface area contributed by atoms with Gasteiger partial charge < -0.3 is 19.5 Å². The van der Waals surface area contributed by atoms with Crippen LogP contribution in [0.25, 0.3) is 11.0 Å². The molecule has 1 aromatic carbocycles. The fraction of sp³-hybridized carbons (Fsp3) is 0.562. The molecule has 4 heterocycles. The highest BCUT2D eigenvalue weighted by Crippen LogP contribution is 2.44. The molecular formula is C32H42ClN5O3. The predicted molar refractivity (Wildman–Crippen MR) is 161 cm³/mol. The minimum atomic E-state index is -0.590. The number of amides is 2. The summed E-state index contributed by atoms with van der Waals surface area (Å²) in [4.78, 5) is 43.8. The van der Waals surface area contributed by atoms with Gasteiger partial charge in [0.2, 0.25) is 5.91 Å². The number of benzene rings is 1. The van der Waals surface area contributed by atoms with Gasteiger partial charge in [0.25, 0.3) is 0 Å². The van der Waals surface area contributed by atoms with Gasteiger partial charge in [0, 0.05) is 47.2 Å². The molecule has 3 aromatic rings. The Balaban J connectivity index is 1.39. The fourth-order valence-electron chi connectivity index (χ4n) is 6.64. The number of hydrogen-bond acceptors (Lipinski definition) is 5. The summed E-state index contributed by atoms with van der Waals surface area (Å²) in [6, 6.07) is 9.90. The molecule has 5 rings (SSSR count). The standard InChI is InChI=1S/C32H42ClN5O3/c1-20(2)37(31(40)41-32(3,4)5)16-14-26(21-9-11-23(33)12-10-21)30(39)38-24-7-6-8-25(38)18-22(17-24)28-27-13-15-34-29(27)36-19-35-28/h9-13,15,19-20,22,24-26H,6-8,14,16-18H2,1-5H3,(H,34,35,36)/t22?,24?,25?,26-/m1/s1. The molecule has 2 unspecified atom stereocenters. The molecule has 2 aliphatic rings. The SMILES string of the molecule is CC(C)N(CC[C@@H](C(=O)N1C2CCCC1CC(c1ncnc3[nH]ccc13)C2)c1ccc(Cl)cc1)C(=O)OC(C)(C)C. The molecular weight excluding hydrogens is 538 g/mol. The van der Waals surface area contributed by atoms with Crippen LogP contribution in [0.4, 0.5) is 4.79 Å². The number of ether oxygens (including phenoxy) is 1. The third-order valence-corrected chi connectivity index (χ3v) is 8.73. The first-order valence-electron chi connectivity index (χ1n) is 14.9. The van der Waals surface area contributed by atoms with E-state index in [0.29, 0.717) is 18.0 Å². The van der Waals surface area contributed by atoms with Crippen LogP contribution in [0, 0.1) is 0 Å². The van der Waals surface area contributed by atoms with Gasteiger partial charge in [-0.25, -0.2) is 14.8 Å². The van der Waals surface area contributed by atoms with E-state index in [4.69, 9.17) is 21.3 Å². The van der Waals surface area contributed by atoms with Gasteiger partial charge in [-0.05, 0) is 96.9 Å². The van der Waals surface area contributed by atoms with Crippen molar-refractivity contribution >= 4 is 34.6 Å². The summed E-state index contributed by atoms with van der Waals surface area (Å²) in [5, 5.41) is 1.71. The van der Waals surface area contributed by atoms with Crippen LogP contribution in [0.3, 0.4) is 0 Å². The largest absolute Gasteiger partial charge is 0.444 e. The van der Waals surface area contributed by atoms with Crippen molar-refractivity contribution in [1.29, 1.82) is 0 Å². The molecule has 0 aliphatic carbocycles. The van der Waals surface area contributed by atoms with Crippen LogP contribution in [0.2, 0.25) is 5.02 Å². The Morgan fingerprint density at radius 1 is 1.10 bits per heavy atom. The number of carbonyl (C=O) groups excluding carboxylic acids is 2. The third-order valence-electron chi connectivity index (χ3n) is 8.48. The molecule has 2 bridgehead atoms. The monoisotopic (exact) mass is 579 g/mol. The highest BCUT2D eigenvalue weighted by atomic mass is 35.5. The maximum Gasteiger partial charge on any atom is 0.410 e. The first-order chi connectivity index (χ1) is 19.5. The van der Waals surface area contributed by atoms with E-state index in [1.165, 1.54) is 0 Å². The number of fused-ring (bicyclic) bond motifs is 3. The lowest BCUT2D eigenvalue weighted by atomic mass is 9.75. The molecule has 3 atom stereocenters. The highest BCUT2D eigenvalue weighted by molar-refractivity contribution is 6.30. The first-order valence-corrected chi connectivity index (χ1v) is 15.2. The molecule has 2 saturated heterocycles. The number of nitrogens with zero attached hydrogens (tertiary/aromatic N) is 4. The van der Waals surface area contributed by atoms with E-state index < -0.39 is 5.60 Å². The number of nitrogens with one attached hydrogen (secondary N) is 1. The van der Waals surface area contributed by atoms with Crippen molar-refractivity contribution in [3.63, 3.8) is 0 Å². The molecule has 2 aliphatic heterocycles. The summed E-state index contributed by atoms with van der Waals surface area (Å²) in [6.45, 7) is 9.99. The second kappa shape index (κ2) is 12.0. The molecule has 2 fully saturated rings. The zero-order valence-electron chi connectivity index (χ0n) is 24.8. The van der Waals surface area contributed by atoms with Crippen LogP contribution >= 0.6 is 11.6 Å². The number of rotatable bonds is 7. The van der Waals surface area contributed by atoms with E-state index in [-0.39, 0.29) is 42.0 Å². The van der Waals surface area contributed by atoms with Gasteiger partial charge in [-0.1, -0.05) is 23.7 Å². The van der Waals surface area contributed by atoms with Crippen molar-refractivity contribution in [2.75, 3.05) is 6.54 Å². The summed E-state index contributed by atoms with van der Waals surface area (Å²) in [7, 11) is 0. The Morgan fingerprint density at radius 3 is 2.41 bits per heavy atom. The van der Waals surface area contributed by atoms with Gasteiger partial charge in [0.05, 0.1) is 11.6 Å². The molecule has 2 aromatic heterocycles. The Labute approximate surface area is 247 Å². The molecule has 0 spiro atoms. The lowest BCUT2D eigenvalue weighted by Crippen LogP contribution is -2.55. The van der Waals surface area contributed by atoms with Crippen LogP contribution in [0.1, 0.15) is 96.2 Å². The Hall–Kier alpha value is -3.13. The predicted octanol–water partition coefficient (Wildman–Crippen LogP) is 7.06. The molecule has 2 amide bonds. The maximum atomic E-state index is 14.5. The normalized spacial score (nSPS) is 21.6. The molecule has 8 nitrogen and oxygen atoms in total. The Morgan fingerprint density at radius 2 is 1.78 bits per heavy atom. The molecule has 1 N–H and O–H groups in total. The number of aromatic amines is 1. The number of piperidine rings is 2. The van der Waals surface area contributed by atoms with Gasteiger partial charge in [-0.15, -0.1) is 0 Å². The van der Waals surface area contributed by atoms with E-state index in [1.54, 1.807) is 11.2 Å². The average Bonchev–Trinajstić information content (AvgIpc) is 3.39. The van der Waals surface area contributed by atoms with Gasteiger partial charge >= 0.3 is 6.09 Å². The smallest absolute Gasteiger partial charge is 0.410 e. The van der Waals surface area contributed by atoms with E-state index in [9.17, 15) is 9.59 Å². The van der Waals surface area contributed by atoms with Gasteiger partial charge in [-0.3, -0.25) is 4.79 Å². The van der Waals surface area contributed by atoms with Crippen molar-refractivity contribution in [3.8, 4) is 0 Å². The number of aromatic nitrogens is 3. The van der Waals surface area contributed by atoms with Gasteiger partial charge in [0.1, 0.15) is 17.6 Å². The van der Waals surface area contributed by atoms with Gasteiger partial charge in [-0.2, -0.15) is 0 Å². The van der Waals surface area contributed by atoms with E-state index in [0.717, 1.165) is 54.4 Å². The van der Waals surface area contributed by atoms with Gasteiger partial charge in [0.15, 0.2) is 0 Å². The van der Waals surface area contributed by atoms with Crippen LogP contribution in [0.5, 0.6) is 0 Å². The average molecular weight is 580 g/mol. The topological polar surface area (TPSA) is 91.4 Å². The lowest BCUT2D eigenvalue weighted by Gasteiger charge is -2.50. The lowest BCUT2D eigenvalue weighted by molar-refractivity contribution is -0.143. The van der Waals surface area contributed by atoms with Crippen molar-refractivity contribution < 1.29 is 14.3 Å². The summed E-state index contributed by atoms with van der Waals surface area (Å²) in [6.07, 6.45) is 8.60. The maximum absolute atomic E-state index is 14.5.